The molecule has 0 amide bonds. The molecule has 1 aromatic heterocycles. The Morgan fingerprint density at radius 3 is 2.17 bits per heavy atom. The number of fused-ring (bicyclic) bond motifs is 1. The number of hydrogen-bond acceptors (Lipinski definition) is 3. The van der Waals surface area contributed by atoms with Crippen LogP contribution in [0.2, 0.25) is 0 Å². The maximum atomic E-state index is 13.2. The van der Waals surface area contributed by atoms with Crippen molar-refractivity contribution in [3.63, 3.8) is 0 Å². The van der Waals surface area contributed by atoms with Gasteiger partial charge in [0.25, 0.3) is 0 Å². The van der Waals surface area contributed by atoms with E-state index in [0.29, 0.717) is 5.46 Å². The molecule has 1 saturated heterocycles. The monoisotopic (exact) mass is 323 g/mol. The van der Waals surface area contributed by atoms with Crippen molar-refractivity contribution in [3.05, 3.63) is 36.0 Å². The molecular weight excluding hydrogens is 306 g/mol. The van der Waals surface area contributed by atoms with Crippen LogP contribution in [0.25, 0.3) is 10.9 Å². The van der Waals surface area contributed by atoms with E-state index in [0.717, 1.165) is 6.07 Å². The summed E-state index contributed by atoms with van der Waals surface area (Å²) < 4.78 is 51.4. The Bertz CT molecular complexity index is 743. The first-order valence-corrected chi connectivity index (χ1v) is 7.33. The van der Waals surface area contributed by atoms with Gasteiger partial charge in [0.1, 0.15) is 0 Å². The fourth-order valence-corrected chi connectivity index (χ4v) is 2.60. The van der Waals surface area contributed by atoms with E-state index in [1.54, 1.807) is 0 Å². The maximum Gasteiger partial charge on any atom is 0.497 e. The molecule has 1 aliphatic rings. The molecule has 0 aliphatic carbocycles. The summed E-state index contributed by atoms with van der Waals surface area (Å²) in [4.78, 5) is 4.14. The lowest BCUT2D eigenvalue weighted by molar-refractivity contribution is -0.136. The van der Waals surface area contributed by atoms with Gasteiger partial charge < -0.3 is 9.31 Å². The molecule has 0 bridgehead atoms. The molecule has 0 N–H and O–H groups in total. The quantitative estimate of drug-likeness (QED) is 0.752. The molecule has 1 aromatic carbocycles. The zero-order chi connectivity index (χ0) is 17.0. The van der Waals surface area contributed by atoms with E-state index >= 15 is 0 Å². The smallest absolute Gasteiger partial charge is 0.399 e. The fourth-order valence-electron chi connectivity index (χ4n) is 2.60. The summed E-state index contributed by atoms with van der Waals surface area (Å²) >= 11 is 0. The first kappa shape index (κ1) is 16.3. The molecule has 2 heterocycles. The largest absolute Gasteiger partial charge is 0.497 e. The summed E-state index contributed by atoms with van der Waals surface area (Å²) in [5.74, 6) is 0. The molecule has 0 atom stereocenters. The highest BCUT2D eigenvalue weighted by atomic mass is 19.4. The minimum Gasteiger partial charge on any atom is -0.399 e. The highest BCUT2D eigenvalue weighted by Gasteiger charge is 2.52. The van der Waals surface area contributed by atoms with Crippen molar-refractivity contribution in [1.82, 2.24) is 4.98 Å². The normalized spacial score (nSPS) is 20.2. The summed E-state index contributed by atoms with van der Waals surface area (Å²) in [7, 11) is -0.750. The minimum absolute atomic E-state index is 0.0483. The average Bonchev–Trinajstić information content (AvgIpc) is 2.65. The SMILES string of the molecule is CC1(C)OB(c2ccc(C(F)(F)F)c3cccnc23)OC1(C)C. The third-order valence-electron chi connectivity index (χ3n) is 4.61. The van der Waals surface area contributed by atoms with Crippen molar-refractivity contribution in [3.8, 4) is 0 Å². The van der Waals surface area contributed by atoms with Gasteiger partial charge in [-0.1, -0.05) is 12.1 Å². The topological polar surface area (TPSA) is 31.4 Å². The molecule has 0 saturated carbocycles. The summed E-state index contributed by atoms with van der Waals surface area (Å²) in [6, 6.07) is 5.36. The van der Waals surface area contributed by atoms with Gasteiger partial charge in [0.2, 0.25) is 0 Å². The van der Waals surface area contributed by atoms with Gasteiger partial charge in [-0.2, -0.15) is 13.2 Å². The van der Waals surface area contributed by atoms with Crippen LogP contribution in [0.4, 0.5) is 13.2 Å². The molecule has 23 heavy (non-hydrogen) atoms. The Hall–Kier alpha value is -1.60. The molecule has 3 nitrogen and oxygen atoms in total. The fraction of sp³-hybridized carbons (Fsp3) is 0.438. The van der Waals surface area contributed by atoms with Gasteiger partial charge in [0, 0.05) is 17.0 Å². The maximum absolute atomic E-state index is 13.2. The van der Waals surface area contributed by atoms with E-state index in [2.05, 4.69) is 4.98 Å². The van der Waals surface area contributed by atoms with Crippen molar-refractivity contribution in [2.75, 3.05) is 0 Å². The zero-order valence-corrected chi connectivity index (χ0v) is 13.4. The molecule has 7 heteroatoms. The standard InChI is InChI=1S/C16H17BF3NO2/c1-14(2)15(3,4)23-17(22-14)12-8-7-11(16(18,19)20)10-6-5-9-21-13(10)12/h5-9H,1-4H3. The van der Waals surface area contributed by atoms with E-state index in [9.17, 15) is 13.2 Å². The van der Waals surface area contributed by atoms with Crippen molar-refractivity contribution >= 4 is 23.5 Å². The second kappa shape index (κ2) is 4.95. The highest BCUT2D eigenvalue weighted by Crippen LogP contribution is 2.38. The summed E-state index contributed by atoms with van der Waals surface area (Å²) in [6.45, 7) is 7.58. The van der Waals surface area contributed by atoms with E-state index in [1.807, 2.05) is 27.7 Å². The zero-order valence-electron chi connectivity index (χ0n) is 13.4. The number of rotatable bonds is 1. The first-order chi connectivity index (χ1) is 10.5. The van der Waals surface area contributed by atoms with Gasteiger partial charge in [-0.25, -0.2) is 0 Å². The third kappa shape index (κ3) is 2.62. The lowest BCUT2D eigenvalue weighted by Gasteiger charge is -2.32. The summed E-state index contributed by atoms with van der Waals surface area (Å²) in [5, 5.41) is 0.0483. The number of benzene rings is 1. The Labute approximate surface area is 132 Å². The second-order valence-corrected chi connectivity index (χ2v) is 6.69. The van der Waals surface area contributed by atoms with Gasteiger partial charge in [0.05, 0.1) is 22.3 Å². The van der Waals surface area contributed by atoms with Crippen molar-refractivity contribution in [2.45, 2.75) is 45.1 Å². The average molecular weight is 323 g/mol. The van der Waals surface area contributed by atoms with Crippen LogP contribution in [0.1, 0.15) is 33.3 Å². The Morgan fingerprint density at radius 2 is 1.61 bits per heavy atom. The van der Waals surface area contributed by atoms with E-state index < -0.39 is 30.1 Å². The lowest BCUT2D eigenvalue weighted by atomic mass is 9.77. The van der Waals surface area contributed by atoms with Gasteiger partial charge in [-0.15, -0.1) is 0 Å². The van der Waals surface area contributed by atoms with Gasteiger partial charge in [-0.05, 0) is 39.8 Å². The second-order valence-electron chi connectivity index (χ2n) is 6.69. The van der Waals surface area contributed by atoms with E-state index in [-0.39, 0.29) is 10.9 Å². The van der Waals surface area contributed by atoms with Crippen LogP contribution in [-0.4, -0.2) is 23.3 Å². The predicted molar refractivity (Wildman–Crippen MR) is 82.5 cm³/mol. The van der Waals surface area contributed by atoms with Crippen LogP contribution in [0.3, 0.4) is 0 Å². The van der Waals surface area contributed by atoms with Crippen molar-refractivity contribution in [1.29, 1.82) is 0 Å². The molecular formula is C16H17BF3NO2. The number of nitrogens with zero attached hydrogens (tertiary/aromatic N) is 1. The lowest BCUT2D eigenvalue weighted by Crippen LogP contribution is -2.41. The Balaban J connectivity index is 2.15. The van der Waals surface area contributed by atoms with Crippen LogP contribution in [0, 0.1) is 0 Å². The molecule has 2 aromatic rings. The van der Waals surface area contributed by atoms with Gasteiger partial charge >= 0.3 is 13.3 Å². The van der Waals surface area contributed by atoms with Crippen LogP contribution in [-0.2, 0) is 15.5 Å². The van der Waals surface area contributed by atoms with Crippen molar-refractivity contribution in [2.24, 2.45) is 0 Å². The predicted octanol–water partition coefficient (Wildman–Crippen LogP) is 3.55. The third-order valence-corrected chi connectivity index (χ3v) is 4.61. The minimum atomic E-state index is -4.43. The molecule has 1 aliphatic heterocycles. The Kier molecular flexibility index (Phi) is 3.50. The van der Waals surface area contributed by atoms with E-state index in [4.69, 9.17) is 9.31 Å². The molecule has 0 unspecified atom stereocenters. The van der Waals surface area contributed by atoms with Crippen LogP contribution < -0.4 is 5.46 Å². The molecule has 122 valence electrons. The number of halogens is 3. The summed E-state index contributed by atoms with van der Waals surface area (Å²) in [6.07, 6.45) is -2.97. The highest BCUT2D eigenvalue weighted by molar-refractivity contribution is 6.65. The van der Waals surface area contributed by atoms with Crippen molar-refractivity contribution < 1.29 is 22.5 Å². The molecule has 0 spiro atoms. The number of pyridine rings is 1. The number of hydrogen-bond donors (Lipinski definition) is 0. The van der Waals surface area contributed by atoms with Crippen LogP contribution in [0.15, 0.2) is 30.5 Å². The molecule has 1 fully saturated rings. The van der Waals surface area contributed by atoms with Gasteiger partial charge in [0.15, 0.2) is 0 Å². The molecule has 0 radical (unpaired) electrons. The van der Waals surface area contributed by atoms with Crippen LogP contribution in [0.5, 0.6) is 0 Å². The van der Waals surface area contributed by atoms with Gasteiger partial charge in [-0.3, -0.25) is 4.98 Å². The van der Waals surface area contributed by atoms with E-state index in [1.165, 1.54) is 24.4 Å². The number of alkyl halides is 3. The van der Waals surface area contributed by atoms with Crippen LogP contribution >= 0.6 is 0 Å². The first-order valence-electron chi connectivity index (χ1n) is 7.33. The number of aromatic nitrogens is 1. The Morgan fingerprint density at radius 1 is 1.00 bits per heavy atom. The molecule has 3 rings (SSSR count). The summed E-state index contributed by atoms with van der Waals surface area (Å²) in [5.41, 5.74) is -1.09.